The van der Waals surface area contributed by atoms with E-state index >= 15 is 0 Å². The van der Waals surface area contributed by atoms with Gasteiger partial charge in [-0.2, -0.15) is 0 Å². The minimum atomic E-state index is -0.292. The summed E-state index contributed by atoms with van der Waals surface area (Å²) in [6.07, 6.45) is 0. The third kappa shape index (κ3) is 7.60. The number of phenols is 1. The Labute approximate surface area is 177 Å². The number of aromatic hydroxyl groups is 1. The molecule has 0 aliphatic rings. The molecule has 4 nitrogen and oxygen atoms in total. The van der Waals surface area contributed by atoms with Crippen LogP contribution >= 0.6 is 17.9 Å². The van der Waals surface area contributed by atoms with Crippen molar-refractivity contribution in [3.8, 4) is 17.2 Å². The van der Waals surface area contributed by atoms with Crippen molar-refractivity contribution in [1.82, 2.24) is 0 Å². The van der Waals surface area contributed by atoms with Crippen LogP contribution in [0.4, 0.5) is 4.39 Å². The predicted octanol–water partition coefficient (Wildman–Crippen LogP) is 4.54. The molecule has 0 spiro atoms. The maximum absolute atomic E-state index is 13.7. The van der Waals surface area contributed by atoms with Crippen molar-refractivity contribution in [3.05, 3.63) is 47.0 Å². The van der Waals surface area contributed by atoms with Crippen molar-refractivity contribution in [2.24, 2.45) is 0 Å². The second kappa shape index (κ2) is 11.2. The molecule has 0 aliphatic heterocycles. The van der Waals surface area contributed by atoms with Crippen LogP contribution in [0.2, 0.25) is 0 Å². The fourth-order valence-corrected chi connectivity index (χ4v) is 3.46. The zero-order valence-corrected chi connectivity index (χ0v) is 19.4. The number of benzene rings is 2. The van der Waals surface area contributed by atoms with E-state index in [1.165, 1.54) is 38.6 Å². The summed E-state index contributed by atoms with van der Waals surface area (Å²) in [6, 6.07) is 8.07. The van der Waals surface area contributed by atoms with E-state index in [2.05, 4.69) is 14.6 Å². The van der Waals surface area contributed by atoms with Crippen LogP contribution in [-0.2, 0) is 25.9 Å². The molecular weight excluding hydrogens is 424 g/mol. The summed E-state index contributed by atoms with van der Waals surface area (Å²) in [5.74, 6) is 0.731. The van der Waals surface area contributed by atoms with E-state index in [9.17, 15) is 9.50 Å². The molecular formula is C19H24ClFNO3PTi. The molecule has 0 aliphatic carbocycles. The zero-order chi connectivity index (χ0) is 20.6. The number of methoxy groups -OCH3 is 2. The van der Waals surface area contributed by atoms with Crippen molar-refractivity contribution in [3.63, 3.8) is 0 Å². The van der Waals surface area contributed by atoms with Crippen LogP contribution in [0.1, 0.15) is 26.3 Å². The fraction of sp³-hybridized carbons (Fsp3) is 0.368. The summed E-state index contributed by atoms with van der Waals surface area (Å²) in [7, 11) is 7.82. The van der Waals surface area contributed by atoms with Gasteiger partial charge < -0.3 is 19.9 Å². The van der Waals surface area contributed by atoms with Crippen molar-refractivity contribution < 1.29 is 38.3 Å². The van der Waals surface area contributed by atoms with E-state index in [0.29, 0.717) is 23.3 Å². The summed E-state index contributed by atoms with van der Waals surface area (Å²) in [4.78, 5) is 0. The standard InChI is InChI=1S/C19H24FNO3P.ClH.Ti/c1-19(2,3)21-11-12-8-13(20)6-7-16(12)25-17-10-14(23-4)9-15(24-5)18(17)22;;/h6-10,22,25H,11H2,1-5H3;1H;/q-1;;+2/p-1. The van der Waals surface area contributed by atoms with Crippen LogP contribution in [0.5, 0.6) is 17.2 Å². The van der Waals surface area contributed by atoms with Gasteiger partial charge in [0.25, 0.3) is 0 Å². The first kappa shape index (κ1) is 24.2. The molecule has 0 heterocycles. The van der Waals surface area contributed by atoms with Crippen LogP contribution in [0.25, 0.3) is 5.32 Å². The molecule has 1 unspecified atom stereocenters. The van der Waals surface area contributed by atoms with Gasteiger partial charge in [-0.1, -0.05) is 41.0 Å². The van der Waals surface area contributed by atoms with Gasteiger partial charge in [0, 0.05) is 11.4 Å². The topological polar surface area (TPSA) is 52.8 Å². The number of hydrogen-bond acceptors (Lipinski definition) is 3. The third-order valence-electron chi connectivity index (χ3n) is 3.56. The van der Waals surface area contributed by atoms with Gasteiger partial charge in [0.15, 0.2) is 11.5 Å². The second-order valence-corrected chi connectivity index (χ2v) is 7.97. The Balaban J connectivity index is 0.00000176. The molecule has 1 N–H and O–H groups in total. The predicted molar refractivity (Wildman–Crippen MR) is 108 cm³/mol. The molecule has 2 aromatic carbocycles. The molecule has 0 bridgehead atoms. The van der Waals surface area contributed by atoms with Crippen LogP contribution in [0.15, 0.2) is 30.3 Å². The van der Waals surface area contributed by atoms with Crippen LogP contribution < -0.4 is 20.1 Å². The summed E-state index contributed by atoms with van der Waals surface area (Å²) in [5, 5.41) is 16.6. The second-order valence-electron chi connectivity index (χ2n) is 6.64. The third-order valence-corrected chi connectivity index (χ3v) is 4.97. The number of nitrogens with zero attached hydrogens (tertiary/aromatic N) is 1. The van der Waals surface area contributed by atoms with E-state index in [0.717, 1.165) is 10.9 Å². The van der Waals surface area contributed by atoms with Gasteiger partial charge in [-0.05, 0) is 23.5 Å². The number of ether oxygens (including phenoxy) is 2. The van der Waals surface area contributed by atoms with E-state index in [1.807, 2.05) is 20.8 Å². The Bertz CT molecular complexity index is 756. The van der Waals surface area contributed by atoms with Crippen LogP contribution in [-0.4, -0.2) is 24.9 Å². The van der Waals surface area contributed by atoms with Crippen molar-refractivity contribution >= 4 is 28.5 Å². The monoisotopic (exact) mass is 447 g/mol. The summed E-state index contributed by atoms with van der Waals surface area (Å²) in [6.45, 7) is 6.44. The van der Waals surface area contributed by atoms with Gasteiger partial charge in [-0.3, -0.25) is 0 Å². The Hall–Kier alpha value is -0.836. The Morgan fingerprint density at radius 2 is 1.78 bits per heavy atom. The van der Waals surface area contributed by atoms with E-state index in [-0.39, 0.29) is 25.7 Å². The first-order valence-corrected chi connectivity index (χ1v) is 11.3. The van der Waals surface area contributed by atoms with Gasteiger partial charge in [0.05, 0.1) is 14.2 Å². The molecule has 2 aromatic rings. The number of hydrogen-bond donors (Lipinski definition) is 1. The maximum atomic E-state index is 13.7. The molecule has 0 fully saturated rings. The summed E-state index contributed by atoms with van der Waals surface area (Å²) < 4.78 is 24.2. The molecule has 2 rings (SSSR count). The fourth-order valence-electron chi connectivity index (χ4n) is 2.23. The SMILES string of the molecule is COc1cc(OC)c(O)c(Pc2ccc(F)cc2C[N-]C(C)(C)C)c1.[Cl][Ti+]. The number of phenolic OH excluding ortho intramolecular Hbond substituents is 1. The summed E-state index contributed by atoms with van der Waals surface area (Å²) >= 11 is 1.47. The van der Waals surface area contributed by atoms with Crippen molar-refractivity contribution in [2.45, 2.75) is 32.9 Å². The van der Waals surface area contributed by atoms with Crippen LogP contribution in [0, 0.1) is 5.82 Å². The Morgan fingerprint density at radius 3 is 2.33 bits per heavy atom. The van der Waals surface area contributed by atoms with E-state index < -0.39 is 0 Å². The quantitative estimate of drug-likeness (QED) is 0.523. The molecule has 8 heteroatoms. The molecule has 0 aromatic heterocycles. The van der Waals surface area contributed by atoms with Gasteiger partial charge in [-0.25, -0.2) is 4.39 Å². The average molecular weight is 448 g/mol. The van der Waals surface area contributed by atoms with Crippen LogP contribution in [0.3, 0.4) is 0 Å². The Kier molecular flexibility index (Phi) is 10.1. The molecule has 0 saturated heterocycles. The van der Waals surface area contributed by atoms with E-state index in [4.69, 9.17) is 9.47 Å². The normalized spacial score (nSPS) is 11.2. The number of halogens is 2. The van der Waals surface area contributed by atoms with Crippen molar-refractivity contribution in [1.29, 1.82) is 0 Å². The average Bonchev–Trinajstić information content (AvgIpc) is 2.64. The van der Waals surface area contributed by atoms with Crippen molar-refractivity contribution in [2.75, 3.05) is 14.2 Å². The van der Waals surface area contributed by atoms with Gasteiger partial charge in [-0.15, -0.1) is 12.1 Å². The molecule has 1 atom stereocenters. The zero-order valence-electron chi connectivity index (χ0n) is 16.1. The number of rotatable bonds is 6. The Morgan fingerprint density at radius 1 is 1.11 bits per heavy atom. The molecule has 0 saturated carbocycles. The molecule has 0 amide bonds. The molecule has 27 heavy (non-hydrogen) atoms. The van der Waals surface area contributed by atoms with Gasteiger partial charge >= 0.3 is 28.7 Å². The minimum absolute atomic E-state index is 0.0738. The molecule has 0 radical (unpaired) electrons. The van der Waals surface area contributed by atoms with E-state index in [1.54, 1.807) is 25.3 Å². The van der Waals surface area contributed by atoms with Gasteiger partial charge in [0.2, 0.25) is 0 Å². The summed E-state index contributed by atoms with van der Waals surface area (Å²) in [5.41, 5.74) is 0.614. The first-order valence-electron chi connectivity index (χ1n) is 8.11. The molecule has 146 valence electrons. The van der Waals surface area contributed by atoms with Gasteiger partial charge in [0.1, 0.15) is 11.6 Å². The first-order chi connectivity index (χ1) is 12.7.